The maximum Gasteiger partial charge on any atom is 0.433 e. The molecule has 16 amide bonds. The van der Waals surface area contributed by atoms with Gasteiger partial charge in [-0.1, -0.05) is 170 Å². The Kier molecular flexibility index (Phi) is 25.8. The van der Waals surface area contributed by atoms with E-state index in [9.17, 15) is 70.7 Å². The van der Waals surface area contributed by atoms with Gasteiger partial charge in [0.15, 0.2) is 33.8 Å². The summed E-state index contributed by atoms with van der Waals surface area (Å²) >= 11 is 0. The van der Waals surface area contributed by atoms with E-state index in [0.29, 0.717) is 110 Å². The van der Waals surface area contributed by atoms with Crippen molar-refractivity contribution in [3.8, 4) is 102 Å². The van der Waals surface area contributed by atoms with Gasteiger partial charge in [0.25, 0.3) is 47.3 Å². The van der Waals surface area contributed by atoms with E-state index < -0.39 is 81.8 Å². The van der Waals surface area contributed by atoms with Crippen LogP contribution >= 0.6 is 0 Å². The van der Waals surface area contributed by atoms with Gasteiger partial charge in [-0.3, -0.25) is 59.6 Å². The van der Waals surface area contributed by atoms with Gasteiger partial charge in [-0.25, -0.2) is 38.8 Å². The molecule has 22 rings (SSSR count). The third-order valence-corrected chi connectivity index (χ3v) is 26.5. The SMILES string of the molecule is COc1ccc2c(c1)C(=O)N(C[C@@]1(c3ccc(-c4ccccc4-c4nnn(C)n4)cc3)NC(=O)NC1=O)C2.COc1ccc2c(c1)C(=O)N(C[C@@]1(c3ccc(-c4ccccc4-c4nnnn4C)cc3)NC(=O)NC1=O)C2.COc1ccc2c(c1)C(=O)N(C[C@@]1(c3ccc(-c4cnc(OC)nc4OC)cc3)NC(=O)NC1=O)C2.COc1ccc2c(c1)C(=O)N(C[C@@]1(c3ccc(-c4nccc(C(F)(F)F)n4)cc3)NC(=O)NC1=O)C2. The number of methoxy groups -OCH3 is 6. The fourth-order valence-corrected chi connectivity index (χ4v) is 19.0. The average molecular weight is 2010 g/mol. The number of aryl methyl sites for hydroxylation is 2. The van der Waals surface area contributed by atoms with E-state index in [4.69, 9.17) is 28.4 Å². The first kappa shape index (κ1) is 97.6. The van der Waals surface area contributed by atoms with Gasteiger partial charge in [0.2, 0.25) is 11.7 Å². The number of aromatic nitrogens is 12. The highest BCUT2D eigenvalue weighted by Gasteiger charge is 2.56. The van der Waals surface area contributed by atoms with Crippen LogP contribution in [-0.4, -0.2) is 220 Å². The third kappa shape index (κ3) is 18.3. The predicted octanol–water partition coefficient (Wildman–Crippen LogP) is 9.21. The molecule has 4 atom stereocenters. The number of nitrogens with one attached hydrogen (secondary N) is 8. The zero-order valence-electron chi connectivity index (χ0n) is 79.8. The molecule has 12 heterocycles. The summed E-state index contributed by atoms with van der Waals surface area (Å²) in [5.74, 6) is 0.286. The van der Waals surface area contributed by atoms with Crippen LogP contribution in [0.25, 0.3) is 67.5 Å². The van der Waals surface area contributed by atoms with E-state index in [0.717, 1.165) is 73.5 Å². The van der Waals surface area contributed by atoms with Crippen molar-refractivity contribution in [1.82, 2.24) is 122 Å². The summed E-state index contributed by atoms with van der Waals surface area (Å²) in [4.78, 5) is 177. The number of urea groups is 4. The second-order valence-electron chi connectivity index (χ2n) is 35.2. The van der Waals surface area contributed by atoms with E-state index in [1.807, 2.05) is 91.0 Å². The van der Waals surface area contributed by atoms with Crippen LogP contribution in [0.4, 0.5) is 32.3 Å². The summed E-state index contributed by atoms with van der Waals surface area (Å²) in [6.45, 7) is 0.899. The number of nitrogens with zero attached hydrogens (tertiary/aromatic N) is 16. The molecule has 4 aromatic heterocycles. The number of benzene rings is 10. The second kappa shape index (κ2) is 39.2. The van der Waals surface area contributed by atoms with Crippen molar-refractivity contribution in [2.75, 3.05) is 68.8 Å². The molecule has 42 nitrogen and oxygen atoms in total. The minimum Gasteiger partial charge on any atom is -0.497 e. The topological polar surface area (TPSA) is 508 Å². The highest BCUT2D eigenvalue weighted by Crippen LogP contribution is 2.43. The zero-order valence-corrected chi connectivity index (χ0v) is 79.8. The maximum atomic E-state index is 13.2. The summed E-state index contributed by atoms with van der Waals surface area (Å²) in [6.07, 6.45) is -2.04. The van der Waals surface area contributed by atoms with Crippen LogP contribution in [-0.2, 0) is 87.8 Å². The van der Waals surface area contributed by atoms with Crippen LogP contribution in [0.15, 0.2) is 237 Å². The molecule has 10 aromatic carbocycles. The molecule has 8 aliphatic rings. The number of tetrazole rings is 2. The lowest BCUT2D eigenvalue weighted by atomic mass is 9.87. The summed E-state index contributed by atoms with van der Waals surface area (Å²) in [5.41, 5.74) is 7.01. The van der Waals surface area contributed by atoms with Crippen LogP contribution in [0.2, 0.25) is 0 Å². The van der Waals surface area contributed by atoms with Gasteiger partial charge in [0.05, 0.1) is 81.4 Å². The monoisotopic (exact) mass is 2000 g/mol. The number of imide groups is 4. The van der Waals surface area contributed by atoms with E-state index in [1.165, 1.54) is 69.5 Å². The van der Waals surface area contributed by atoms with Crippen LogP contribution in [0, 0.1) is 0 Å². The number of halogens is 3. The van der Waals surface area contributed by atoms with E-state index >= 15 is 0 Å². The third-order valence-electron chi connectivity index (χ3n) is 26.5. The number of alkyl halides is 3. The highest BCUT2D eigenvalue weighted by atomic mass is 19.4. The van der Waals surface area contributed by atoms with Crippen molar-refractivity contribution in [1.29, 1.82) is 0 Å². The Labute approximate surface area is 838 Å². The van der Waals surface area contributed by atoms with E-state index in [1.54, 1.807) is 150 Å². The standard InChI is InChI=1S/2C27H23N7O4.C25H23N5O6.C24H18F3N5O4/c1-33-23(30-31-32-33)21-6-4-3-5-20(21)16-7-10-18(11-8-16)27(25(36)28-26(37)29-27)15-34-14-17-9-12-19(38-2)13-22(17)24(34)35;1-33-31-23(30-32-33)21-6-4-3-5-20(21)16-7-10-18(11-8-16)27(25(36)28-26(37)29-27)15-34-14-17-9-12-19(38-2)13-22(17)24(34)35;1-34-17-9-6-15-12-30(21(31)18(15)10-17)13-25(22(32)28-23(33)29-25)16-7-4-14(5-8-16)19-11-26-24(36-3)27-20(19)35-2;1-36-16-7-4-14-11-32(20(33)17(14)10-16)12-23(21(34)30-22(35)31-23)15-5-2-13(3-6-15)19-28-9-8-18(29-19)24(25,26)27/h2*3-13H,14-15H2,1-2H3,(H2,28,29,36,37);4-11H,12-13H2,1-3H3,(H2,28,29,32,33);2-10H,11-12H2,1H3,(H2,30,31,34,35)/t2*27-;25-;23-/m0000/s1. The lowest BCUT2D eigenvalue weighted by molar-refractivity contribution is -0.141. The fraction of sp³-hybridized carbons (Fsp3) is 0.204. The first-order chi connectivity index (χ1) is 71.2. The summed E-state index contributed by atoms with van der Waals surface area (Å²) in [7, 11) is 12.5. The average Bonchev–Trinajstić information content (AvgIpc) is 1.61. The molecule has 4 fully saturated rings. The number of carbonyl (C=O) groups excluding carboxylic acids is 12. The highest BCUT2D eigenvalue weighted by molar-refractivity contribution is 6.12. The quantitative estimate of drug-likeness (QED) is 0.0261. The maximum absolute atomic E-state index is 13.2. The van der Waals surface area contributed by atoms with Gasteiger partial charge in [0.1, 0.15) is 28.7 Å². The van der Waals surface area contributed by atoms with Crippen molar-refractivity contribution >= 4 is 71.4 Å². The Hall–Kier alpha value is -19.3. The number of ether oxygens (including phenoxy) is 6. The van der Waals surface area contributed by atoms with Crippen LogP contribution < -0.4 is 71.0 Å². The van der Waals surface area contributed by atoms with Gasteiger partial charge in [-0.05, 0) is 143 Å². The number of amides is 16. The number of hydrogen-bond donors (Lipinski definition) is 8. The summed E-state index contributed by atoms with van der Waals surface area (Å²) < 4.78 is 72.1. The lowest BCUT2D eigenvalue weighted by Crippen LogP contribution is -2.52. The van der Waals surface area contributed by atoms with Crippen LogP contribution in [0.5, 0.6) is 34.9 Å². The molecule has 0 bridgehead atoms. The molecule has 45 heteroatoms. The minimum atomic E-state index is -4.63. The molecule has 8 N–H and O–H groups in total. The Morgan fingerprint density at radius 1 is 0.345 bits per heavy atom. The molecular weight excluding hydrogens is 1920 g/mol. The zero-order chi connectivity index (χ0) is 104. The van der Waals surface area contributed by atoms with Gasteiger partial charge in [-0.15, -0.1) is 15.3 Å². The van der Waals surface area contributed by atoms with Crippen molar-refractivity contribution in [2.24, 2.45) is 14.1 Å². The van der Waals surface area contributed by atoms with E-state index in [2.05, 4.69) is 93.4 Å². The number of rotatable bonds is 24. The molecule has 8 aliphatic heterocycles. The van der Waals surface area contributed by atoms with Crippen LogP contribution in [0.1, 0.15) is 91.6 Å². The largest absolute Gasteiger partial charge is 0.497 e. The minimum absolute atomic E-state index is 0.0268. The first-order valence-corrected chi connectivity index (χ1v) is 45.6. The Balaban J connectivity index is 0.000000124. The smallest absolute Gasteiger partial charge is 0.433 e. The second-order valence-corrected chi connectivity index (χ2v) is 35.2. The van der Waals surface area contributed by atoms with Gasteiger partial charge < -0.3 is 69.3 Å². The normalized spacial score (nSPS) is 18.6. The molecular formula is C103H87F3N24O18. The van der Waals surface area contributed by atoms with E-state index in [-0.39, 0.29) is 73.8 Å². The molecule has 14 aromatic rings. The Morgan fingerprint density at radius 3 is 1.00 bits per heavy atom. The van der Waals surface area contributed by atoms with Gasteiger partial charge >= 0.3 is 36.3 Å². The number of carbonyl (C=O) groups is 12. The predicted molar refractivity (Wildman–Crippen MR) is 517 cm³/mol. The van der Waals surface area contributed by atoms with Gasteiger partial charge in [-0.2, -0.15) is 23.0 Å². The molecule has 0 saturated carbocycles. The van der Waals surface area contributed by atoms with Crippen molar-refractivity contribution in [2.45, 2.75) is 54.5 Å². The molecule has 4 saturated heterocycles. The molecule has 0 unspecified atom stereocenters. The summed E-state index contributed by atoms with van der Waals surface area (Å²) in [5, 5.41) is 44.3. The molecule has 748 valence electrons. The number of hydrogen-bond acceptors (Lipinski definition) is 28. The summed E-state index contributed by atoms with van der Waals surface area (Å²) in [6, 6.07) is 62.4. The van der Waals surface area contributed by atoms with Crippen LogP contribution in [0.3, 0.4) is 0 Å². The van der Waals surface area contributed by atoms with Crippen molar-refractivity contribution in [3.05, 3.63) is 309 Å². The fourth-order valence-electron chi connectivity index (χ4n) is 19.0. The molecule has 0 spiro atoms. The molecule has 148 heavy (non-hydrogen) atoms. The Bertz CT molecular complexity index is 7770. The molecule has 0 radical (unpaired) electrons. The van der Waals surface area contributed by atoms with Crippen molar-refractivity contribution in [3.63, 3.8) is 0 Å². The number of fused-ring (bicyclic) bond motifs is 4. The molecule has 0 aliphatic carbocycles. The lowest BCUT2D eigenvalue weighted by Gasteiger charge is -2.31. The van der Waals surface area contributed by atoms with Crippen molar-refractivity contribution < 1.29 is 99.1 Å². The van der Waals surface area contributed by atoms with Gasteiger partial charge in [0, 0.05) is 84.6 Å². The first-order valence-electron chi connectivity index (χ1n) is 45.6. The Morgan fingerprint density at radius 2 is 0.689 bits per heavy atom.